The van der Waals surface area contributed by atoms with Crippen LogP contribution < -0.4 is 5.32 Å². The first kappa shape index (κ1) is 19.3. The van der Waals surface area contributed by atoms with E-state index in [1.54, 1.807) is 6.20 Å². The number of hydrogen-bond donors (Lipinski definition) is 1. The van der Waals surface area contributed by atoms with Crippen molar-refractivity contribution in [3.63, 3.8) is 0 Å². The summed E-state index contributed by atoms with van der Waals surface area (Å²) in [5.74, 6) is 0.598. The summed E-state index contributed by atoms with van der Waals surface area (Å²) in [6, 6.07) is 8.51. The second-order valence-corrected chi connectivity index (χ2v) is 9.03. The predicted molar refractivity (Wildman–Crippen MR) is 118 cm³/mol. The van der Waals surface area contributed by atoms with E-state index in [1.165, 1.54) is 5.56 Å². The molecule has 0 unspecified atom stereocenters. The Kier molecular flexibility index (Phi) is 4.86. The molecule has 154 valence electrons. The summed E-state index contributed by atoms with van der Waals surface area (Å²) in [4.78, 5) is 16.7. The topological polar surface area (TPSA) is 59.8 Å². The van der Waals surface area contributed by atoms with Crippen LogP contribution in [-0.4, -0.2) is 27.2 Å². The van der Waals surface area contributed by atoms with Crippen LogP contribution in [0.3, 0.4) is 0 Å². The Hall–Kier alpha value is -2.66. The Morgan fingerprint density at radius 1 is 1.03 bits per heavy atom. The minimum absolute atomic E-state index is 0.151. The molecule has 1 aliphatic carbocycles. The minimum atomic E-state index is -0.151. The summed E-state index contributed by atoms with van der Waals surface area (Å²) in [5, 5.41) is 8.00. The summed E-state index contributed by atoms with van der Waals surface area (Å²) in [6.07, 6.45) is 12.4. The van der Waals surface area contributed by atoms with Crippen LogP contribution in [0.1, 0.15) is 43.6 Å². The Bertz CT molecular complexity index is 1080. The molecule has 0 bridgehead atoms. The number of benzene rings is 1. The Morgan fingerprint density at radius 3 is 2.40 bits per heavy atom. The van der Waals surface area contributed by atoms with Gasteiger partial charge in [-0.05, 0) is 54.7 Å². The van der Waals surface area contributed by atoms with Crippen molar-refractivity contribution in [2.75, 3.05) is 6.54 Å². The van der Waals surface area contributed by atoms with Crippen LogP contribution in [0.15, 0.2) is 49.1 Å². The van der Waals surface area contributed by atoms with Crippen LogP contribution in [0.4, 0.5) is 0 Å². The minimum Gasteiger partial charge on any atom is -0.356 e. The number of amides is 1. The summed E-state index contributed by atoms with van der Waals surface area (Å²) in [5.41, 5.74) is 5.47. The molecule has 30 heavy (non-hydrogen) atoms. The molecule has 2 aromatic heterocycles. The van der Waals surface area contributed by atoms with Crippen molar-refractivity contribution in [2.24, 2.45) is 12.5 Å². The van der Waals surface area contributed by atoms with Gasteiger partial charge in [-0.15, -0.1) is 0 Å². The number of halogens is 1. The molecule has 3 heterocycles. The van der Waals surface area contributed by atoms with Gasteiger partial charge in [0.1, 0.15) is 0 Å². The monoisotopic (exact) mass is 420 g/mol. The molecule has 1 saturated carbocycles. The van der Waals surface area contributed by atoms with E-state index < -0.39 is 0 Å². The van der Waals surface area contributed by atoms with Crippen molar-refractivity contribution < 1.29 is 4.79 Å². The summed E-state index contributed by atoms with van der Waals surface area (Å²) < 4.78 is 1.81. The number of hydrogen-bond acceptors (Lipinski definition) is 3. The number of rotatable bonds is 3. The summed E-state index contributed by atoms with van der Waals surface area (Å²) in [6.45, 7) is 0.814. The average molecular weight is 421 g/mol. The Labute approximate surface area is 181 Å². The maximum atomic E-state index is 12.3. The van der Waals surface area contributed by atoms with E-state index in [1.807, 2.05) is 30.3 Å². The van der Waals surface area contributed by atoms with Crippen LogP contribution in [0, 0.1) is 5.41 Å². The molecule has 2 aliphatic rings. The zero-order valence-electron chi connectivity index (χ0n) is 17.1. The average Bonchev–Trinajstić information content (AvgIpc) is 3.35. The SMILES string of the molecule is Cn1cc(-c2ccc(-c3cncc(Cl)c3C3CCC4(CCNC4=O)CC3)cc2)cn1. The number of carbonyl (C=O) groups excluding carboxylic acids is 1. The molecule has 1 saturated heterocycles. The molecule has 1 aromatic carbocycles. The smallest absolute Gasteiger partial charge is 0.226 e. The van der Waals surface area contributed by atoms with Gasteiger partial charge in [-0.2, -0.15) is 5.10 Å². The molecule has 2 fully saturated rings. The van der Waals surface area contributed by atoms with Gasteiger partial charge in [-0.3, -0.25) is 14.5 Å². The lowest BCUT2D eigenvalue weighted by Gasteiger charge is -2.36. The highest BCUT2D eigenvalue weighted by atomic mass is 35.5. The van der Waals surface area contributed by atoms with Gasteiger partial charge in [0.15, 0.2) is 0 Å². The van der Waals surface area contributed by atoms with Gasteiger partial charge in [0.05, 0.1) is 16.6 Å². The standard InChI is InChI=1S/C24H25ClN4O/c1-29-15-19(12-28-29)16-2-4-17(5-3-16)20-13-26-14-21(25)22(20)18-6-8-24(9-7-18)10-11-27-23(24)30/h2-5,12-15,18H,6-11H2,1H3,(H,27,30). The van der Waals surface area contributed by atoms with Gasteiger partial charge < -0.3 is 5.32 Å². The highest BCUT2D eigenvalue weighted by Gasteiger charge is 2.45. The Balaban J connectivity index is 1.43. The molecule has 1 amide bonds. The Morgan fingerprint density at radius 2 is 1.77 bits per heavy atom. The van der Waals surface area contributed by atoms with E-state index in [0.717, 1.165) is 65.9 Å². The van der Waals surface area contributed by atoms with E-state index in [4.69, 9.17) is 11.6 Å². The predicted octanol–water partition coefficient (Wildman–Crippen LogP) is 4.97. The molecule has 1 aliphatic heterocycles. The molecule has 3 aromatic rings. The lowest BCUT2D eigenvalue weighted by Crippen LogP contribution is -2.34. The second kappa shape index (κ2) is 7.55. The highest BCUT2D eigenvalue weighted by molar-refractivity contribution is 6.31. The van der Waals surface area contributed by atoms with Crippen LogP contribution in [-0.2, 0) is 11.8 Å². The van der Waals surface area contributed by atoms with E-state index in [0.29, 0.717) is 5.92 Å². The molecular weight excluding hydrogens is 396 g/mol. The third kappa shape index (κ3) is 3.31. The van der Waals surface area contributed by atoms with Gasteiger partial charge in [0, 0.05) is 43.3 Å². The molecule has 5 rings (SSSR count). The quantitative estimate of drug-likeness (QED) is 0.651. The molecular formula is C24H25ClN4O. The van der Waals surface area contributed by atoms with Gasteiger partial charge in [0.2, 0.25) is 5.91 Å². The van der Waals surface area contributed by atoms with Crippen molar-refractivity contribution in [1.82, 2.24) is 20.1 Å². The summed E-state index contributed by atoms with van der Waals surface area (Å²) in [7, 11) is 1.92. The number of aromatic nitrogens is 3. The van der Waals surface area contributed by atoms with Crippen molar-refractivity contribution in [1.29, 1.82) is 0 Å². The van der Waals surface area contributed by atoms with Gasteiger partial charge >= 0.3 is 0 Å². The fourth-order valence-corrected chi connectivity index (χ4v) is 5.47. The van der Waals surface area contributed by atoms with Gasteiger partial charge in [-0.1, -0.05) is 35.9 Å². The van der Waals surface area contributed by atoms with Crippen molar-refractivity contribution in [2.45, 2.75) is 38.0 Å². The zero-order chi connectivity index (χ0) is 20.7. The highest BCUT2D eigenvalue weighted by Crippen LogP contribution is 2.49. The second-order valence-electron chi connectivity index (χ2n) is 8.62. The van der Waals surface area contributed by atoms with Gasteiger partial charge in [-0.25, -0.2) is 0 Å². The number of nitrogens with zero attached hydrogens (tertiary/aromatic N) is 3. The fraction of sp³-hybridized carbons (Fsp3) is 0.375. The molecule has 1 N–H and O–H groups in total. The van der Waals surface area contributed by atoms with Crippen LogP contribution in [0.25, 0.3) is 22.3 Å². The fourth-order valence-electron chi connectivity index (χ4n) is 5.15. The maximum Gasteiger partial charge on any atom is 0.226 e. The number of pyridine rings is 1. The third-order valence-electron chi connectivity index (χ3n) is 6.89. The van der Waals surface area contributed by atoms with Crippen LogP contribution in [0.2, 0.25) is 5.02 Å². The van der Waals surface area contributed by atoms with Crippen molar-refractivity contribution >= 4 is 17.5 Å². The normalized spacial score (nSPS) is 23.7. The van der Waals surface area contributed by atoms with E-state index in [2.05, 4.69) is 39.7 Å². The van der Waals surface area contributed by atoms with E-state index in [9.17, 15) is 4.79 Å². The first-order chi connectivity index (χ1) is 14.6. The maximum absolute atomic E-state index is 12.3. The molecule has 5 nitrogen and oxygen atoms in total. The summed E-state index contributed by atoms with van der Waals surface area (Å²) >= 11 is 6.67. The first-order valence-corrected chi connectivity index (χ1v) is 10.9. The van der Waals surface area contributed by atoms with Crippen molar-refractivity contribution in [3.05, 3.63) is 59.6 Å². The van der Waals surface area contributed by atoms with Gasteiger partial charge in [0.25, 0.3) is 0 Å². The lowest BCUT2D eigenvalue weighted by atomic mass is 9.67. The number of aryl methyl sites for hydroxylation is 1. The zero-order valence-corrected chi connectivity index (χ0v) is 17.8. The molecule has 6 heteroatoms. The molecule has 0 radical (unpaired) electrons. The first-order valence-electron chi connectivity index (χ1n) is 10.6. The molecule has 1 spiro atoms. The van der Waals surface area contributed by atoms with Crippen LogP contribution >= 0.6 is 11.6 Å². The van der Waals surface area contributed by atoms with E-state index in [-0.39, 0.29) is 11.3 Å². The molecule has 0 atom stereocenters. The number of nitrogens with one attached hydrogen (secondary N) is 1. The van der Waals surface area contributed by atoms with Crippen molar-refractivity contribution in [3.8, 4) is 22.3 Å². The van der Waals surface area contributed by atoms with E-state index >= 15 is 0 Å². The van der Waals surface area contributed by atoms with Crippen LogP contribution in [0.5, 0.6) is 0 Å². The largest absolute Gasteiger partial charge is 0.356 e. The third-order valence-corrected chi connectivity index (χ3v) is 7.20. The lowest BCUT2D eigenvalue weighted by molar-refractivity contribution is -0.129. The number of carbonyl (C=O) groups is 1.